The van der Waals surface area contributed by atoms with Gasteiger partial charge in [-0.3, -0.25) is 14.6 Å². The summed E-state index contributed by atoms with van der Waals surface area (Å²) in [7, 11) is 0. The summed E-state index contributed by atoms with van der Waals surface area (Å²) in [4.78, 5) is 34.4. The number of benzene rings is 1. The predicted molar refractivity (Wildman–Crippen MR) is 121 cm³/mol. The standard InChI is InChI=1S/C24H25ClN4O3/c1-14-13-28(24(31)21-11-15(2)32-27-21)9-10-29(14)23(30)16-7-8-18-20(12-16)26-19-6-4-3-5-17(19)22(18)25/h7-8,11-12,14H,3-6,9-10,13H2,1-2H3. The molecular weight excluding hydrogens is 428 g/mol. The zero-order chi connectivity index (χ0) is 22.4. The summed E-state index contributed by atoms with van der Waals surface area (Å²) in [6, 6.07) is 7.10. The minimum absolute atomic E-state index is 0.0561. The molecule has 1 atom stereocenters. The molecule has 32 heavy (non-hydrogen) atoms. The lowest BCUT2D eigenvalue weighted by molar-refractivity contribution is 0.0409. The summed E-state index contributed by atoms with van der Waals surface area (Å²) in [5.41, 5.74) is 3.87. The first-order chi connectivity index (χ1) is 15.4. The van der Waals surface area contributed by atoms with Crippen molar-refractivity contribution in [3.8, 4) is 0 Å². The monoisotopic (exact) mass is 452 g/mol. The van der Waals surface area contributed by atoms with E-state index in [2.05, 4.69) is 5.16 Å². The molecule has 1 aromatic carbocycles. The Morgan fingerprint density at radius 3 is 2.69 bits per heavy atom. The van der Waals surface area contributed by atoms with Crippen LogP contribution in [0.3, 0.4) is 0 Å². The van der Waals surface area contributed by atoms with Crippen LogP contribution in [0.25, 0.3) is 10.9 Å². The molecule has 2 aromatic heterocycles. The molecule has 0 saturated carbocycles. The first-order valence-corrected chi connectivity index (χ1v) is 11.4. The SMILES string of the molecule is Cc1cc(C(=O)N2CCN(C(=O)c3ccc4c(Cl)c5c(nc4c3)CCCC5)C(C)C2)no1. The van der Waals surface area contributed by atoms with Crippen molar-refractivity contribution in [2.75, 3.05) is 19.6 Å². The van der Waals surface area contributed by atoms with Crippen molar-refractivity contribution >= 4 is 34.3 Å². The van der Waals surface area contributed by atoms with E-state index >= 15 is 0 Å². The summed E-state index contributed by atoms with van der Waals surface area (Å²) >= 11 is 6.68. The number of aromatic nitrogens is 2. The Morgan fingerprint density at radius 1 is 1.12 bits per heavy atom. The van der Waals surface area contributed by atoms with Crippen LogP contribution in [0.4, 0.5) is 0 Å². The van der Waals surface area contributed by atoms with Gasteiger partial charge in [-0.1, -0.05) is 22.8 Å². The fraction of sp³-hybridized carbons (Fsp3) is 0.417. The van der Waals surface area contributed by atoms with Gasteiger partial charge in [0.2, 0.25) is 0 Å². The van der Waals surface area contributed by atoms with Crippen LogP contribution in [-0.2, 0) is 12.8 Å². The van der Waals surface area contributed by atoms with Gasteiger partial charge in [-0.2, -0.15) is 0 Å². The number of rotatable bonds is 2. The molecule has 0 N–H and O–H groups in total. The zero-order valence-corrected chi connectivity index (χ0v) is 19.0. The van der Waals surface area contributed by atoms with Gasteiger partial charge in [-0.15, -0.1) is 0 Å². The molecule has 1 saturated heterocycles. The van der Waals surface area contributed by atoms with Crippen LogP contribution >= 0.6 is 11.6 Å². The second-order valence-electron chi connectivity index (χ2n) is 8.71. The maximum Gasteiger partial charge on any atom is 0.276 e. The number of amides is 2. The molecule has 1 aliphatic heterocycles. The van der Waals surface area contributed by atoms with Crippen LogP contribution in [-0.4, -0.2) is 57.4 Å². The van der Waals surface area contributed by atoms with Crippen molar-refractivity contribution in [3.05, 3.63) is 57.6 Å². The van der Waals surface area contributed by atoms with E-state index in [9.17, 15) is 9.59 Å². The molecule has 1 fully saturated rings. The molecule has 166 valence electrons. The van der Waals surface area contributed by atoms with Gasteiger partial charge in [0.05, 0.1) is 10.5 Å². The molecule has 0 spiro atoms. The van der Waals surface area contributed by atoms with Crippen LogP contribution in [0.5, 0.6) is 0 Å². The van der Waals surface area contributed by atoms with Crippen LogP contribution in [0.15, 0.2) is 28.8 Å². The first-order valence-electron chi connectivity index (χ1n) is 11.1. The Bertz CT molecular complexity index is 1220. The highest BCUT2D eigenvalue weighted by molar-refractivity contribution is 6.36. The quantitative estimate of drug-likeness (QED) is 0.586. The molecule has 3 heterocycles. The van der Waals surface area contributed by atoms with E-state index in [0.29, 0.717) is 36.7 Å². The van der Waals surface area contributed by atoms with Crippen molar-refractivity contribution in [2.45, 2.75) is 45.6 Å². The molecule has 7 nitrogen and oxygen atoms in total. The highest BCUT2D eigenvalue weighted by atomic mass is 35.5. The summed E-state index contributed by atoms with van der Waals surface area (Å²) in [6.45, 7) is 5.06. The van der Waals surface area contributed by atoms with E-state index in [1.54, 1.807) is 17.9 Å². The lowest BCUT2D eigenvalue weighted by Gasteiger charge is -2.39. The Labute approximate surface area is 191 Å². The second-order valence-corrected chi connectivity index (χ2v) is 9.09. The zero-order valence-electron chi connectivity index (χ0n) is 18.2. The minimum atomic E-state index is -0.171. The van der Waals surface area contributed by atoms with Crippen LogP contribution in [0.2, 0.25) is 5.02 Å². The highest BCUT2D eigenvalue weighted by Crippen LogP contribution is 2.33. The van der Waals surface area contributed by atoms with E-state index in [1.165, 1.54) is 0 Å². The number of carbonyl (C=O) groups excluding carboxylic acids is 2. The normalized spacial score (nSPS) is 18.7. The van der Waals surface area contributed by atoms with Gasteiger partial charge in [0.15, 0.2) is 5.69 Å². The van der Waals surface area contributed by atoms with Gasteiger partial charge in [0.1, 0.15) is 5.76 Å². The summed E-state index contributed by atoms with van der Waals surface area (Å²) in [5.74, 6) is 0.371. The fourth-order valence-electron chi connectivity index (χ4n) is 4.74. The summed E-state index contributed by atoms with van der Waals surface area (Å²) < 4.78 is 5.02. The van der Waals surface area contributed by atoms with Gasteiger partial charge in [0.25, 0.3) is 11.8 Å². The van der Waals surface area contributed by atoms with Gasteiger partial charge < -0.3 is 14.3 Å². The van der Waals surface area contributed by atoms with Crippen molar-refractivity contribution in [1.82, 2.24) is 19.9 Å². The van der Waals surface area contributed by atoms with E-state index in [4.69, 9.17) is 21.1 Å². The smallest absolute Gasteiger partial charge is 0.276 e. The molecule has 1 aliphatic carbocycles. The highest BCUT2D eigenvalue weighted by Gasteiger charge is 2.32. The van der Waals surface area contributed by atoms with E-state index < -0.39 is 0 Å². The van der Waals surface area contributed by atoms with Crippen molar-refractivity contribution in [3.63, 3.8) is 0 Å². The third-order valence-electron chi connectivity index (χ3n) is 6.46. The minimum Gasteiger partial charge on any atom is -0.361 e. The fourth-order valence-corrected chi connectivity index (χ4v) is 5.10. The largest absolute Gasteiger partial charge is 0.361 e. The number of aryl methyl sites for hydroxylation is 2. The Kier molecular flexibility index (Phi) is 5.37. The number of hydrogen-bond acceptors (Lipinski definition) is 5. The van der Waals surface area contributed by atoms with E-state index in [0.717, 1.165) is 52.9 Å². The van der Waals surface area contributed by atoms with Crippen LogP contribution in [0.1, 0.15) is 57.6 Å². The maximum atomic E-state index is 13.3. The number of piperazine rings is 1. The van der Waals surface area contributed by atoms with Crippen LogP contribution in [0, 0.1) is 6.92 Å². The van der Waals surface area contributed by atoms with Gasteiger partial charge in [-0.05, 0) is 57.2 Å². The molecule has 3 aromatic rings. The number of hydrogen-bond donors (Lipinski definition) is 0. The van der Waals surface area contributed by atoms with Gasteiger partial charge in [-0.25, -0.2) is 0 Å². The van der Waals surface area contributed by atoms with E-state index in [-0.39, 0.29) is 17.9 Å². The Hall–Kier alpha value is -2.93. The maximum absolute atomic E-state index is 13.3. The average molecular weight is 453 g/mol. The molecule has 2 aliphatic rings. The number of halogens is 1. The van der Waals surface area contributed by atoms with Crippen LogP contribution < -0.4 is 0 Å². The van der Waals surface area contributed by atoms with Crippen molar-refractivity contribution in [1.29, 1.82) is 0 Å². The third-order valence-corrected chi connectivity index (χ3v) is 6.89. The molecule has 5 rings (SSSR count). The average Bonchev–Trinajstić information content (AvgIpc) is 3.24. The lowest BCUT2D eigenvalue weighted by atomic mass is 9.94. The lowest BCUT2D eigenvalue weighted by Crippen LogP contribution is -2.55. The summed E-state index contributed by atoms with van der Waals surface area (Å²) in [6.07, 6.45) is 4.15. The molecule has 8 heteroatoms. The summed E-state index contributed by atoms with van der Waals surface area (Å²) in [5, 5.41) is 5.49. The Balaban J connectivity index is 1.35. The number of nitrogens with zero attached hydrogens (tertiary/aromatic N) is 4. The van der Waals surface area contributed by atoms with Crippen molar-refractivity contribution < 1.29 is 14.1 Å². The van der Waals surface area contributed by atoms with E-state index in [1.807, 2.05) is 30.0 Å². The molecule has 1 unspecified atom stereocenters. The first kappa shape index (κ1) is 20.9. The molecule has 0 bridgehead atoms. The molecular formula is C24H25ClN4O3. The number of pyridine rings is 1. The van der Waals surface area contributed by atoms with Gasteiger partial charge in [0, 0.05) is 48.4 Å². The topological polar surface area (TPSA) is 79.5 Å². The Morgan fingerprint density at radius 2 is 1.94 bits per heavy atom. The molecule has 2 amide bonds. The molecule has 0 radical (unpaired) electrons. The number of fused-ring (bicyclic) bond motifs is 2. The second kappa shape index (κ2) is 8.20. The van der Waals surface area contributed by atoms with Crippen molar-refractivity contribution in [2.24, 2.45) is 0 Å². The third kappa shape index (κ3) is 3.64. The predicted octanol–water partition coefficient (Wildman–Crippen LogP) is 4.05. The number of carbonyl (C=O) groups is 2. The van der Waals surface area contributed by atoms with Gasteiger partial charge >= 0.3 is 0 Å².